The van der Waals surface area contributed by atoms with E-state index in [-0.39, 0.29) is 23.7 Å². The number of carbonyl (C=O) groups excluding carboxylic acids is 3. The number of esters is 1. The largest absolute Gasteiger partial charge is 0.469 e. The molecule has 152 valence electrons. The normalized spacial score (nSPS) is 13.1. The van der Waals surface area contributed by atoms with Crippen LogP contribution in [-0.4, -0.2) is 44.9 Å². The summed E-state index contributed by atoms with van der Waals surface area (Å²) in [7, 11) is 3.24. The lowest BCUT2D eigenvalue weighted by molar-refractivity contribution is -0.142. The molecule has 0 bridgehead atoms. The SMILES string of the molecule is CCC(CC(=O)NCCCCCC(=O)CCNC)C(CC)CC(=O)OC. The fourth-order valence-electron chi connectivity index (χ4n) is 3.14. The summed E-state index contributed by atoms with van der Waals surface area (Å²) in [5.41, 5.74) is 0. The molecule has 0 saturated carbocycles. The van der Waals surface area contributed by atoms with Gasteiger partial charge < -0.3 is 15.4 Å². The first-order valence-electron chi connectivity index (χ1n) is 9.98. The predicted molar refractivity (Wildman–Crippen MR) is 104 cm³/mol. The van der Waals surface area contributed by atoms with Crippen molar-refractivity contribution in [3.8, 4) is 0 Å². The van der Waals surface area contributed by atoms with Crippen LogP contribution in [0.2, 0.25) is 0 Å². The minimum atomic E-state index is -0.208. The number of rotatable bonds is 16. The number of amides is 1. The van der Waals surface area contributed by atoms with Gasteiger partial charge in [0.2, 0.25) is 5.91 Å². The van der Waals surface area contributed by atoms with Crippen molar-refractivity contribution in [2.24, 2.45) is 11.8 Å². The van der Waals surface area contributed by atoms with Gasteiger partial charge in [0.05, 0.1) is 7.11 Å². The van der Waals surface area contributed by atoms with Crippen LogP contribution in [0, 0.1) is 11.8 Å². The molecule has 2 atom stereocenters. The van der Waals surface area contributed by atoms with Gasteiger partial charge in [-0.1, -0.05) is 33.1 Å². The monoisotopic (exact) mass is 370 g/mol. The molecule has 6 nitrogen and oxygen atoms in total. The van der Waals surface area contributed by atoms with Crippen molar-refractivity contribution in [3.05, 3.63) is 0 Å². The van der Waals surface area contributed by atoms with Gasteiger partial charge in [0.25, 0.3) is 0 Å². The molecule has 0 saturated heterocycles. The Balaban J connectivity index is 3.97. The van der Waals surface area contributed by atoms with E-state index in [1.165, 1.54) is 7.11 Å². The van der Waals surface area contributed by atoms with Crippen LogP contribution in [-0.2, 0) is 19.1 Å². The van der Waals surface area contributed by atoms with Crippen molar-refractivity contribution in [3.63, 3.8) is 0 Å². The molecule has 2 unspecified atom stereocenters. The number of hydrogen-bond donors (Lipinski definition) is 2. The molecule has 26 heavy (non-hydrogen) atoms. The second-order valence-corrected chi connectivity index (χ2v) is 6.87. The van der Waals surface area contributed by atoms with E-state index < -0.39 is 0 Å². The fourth-order valence-corrected chi connectivity index (χ4v) is 3.14. The van der Waals surface area contributed by atoms with Gasteiger partial charge in [0, 0.05) is 38.8 Å². The number of unbranched alkanes of at least 4 members (excludes halogenated alkanes) is 2. The second-order valence-electron chi connectivity index (χ2n) is 6.87. The summed E-state index contributed by atoms with van der Waals surface area (Å²) in [5, 5.41) is 5.94. The molecule has 0 radical (unpaired) electrons. The predicted octanol–water partition coefficient (Wildman–Crippen LogP) is 2.85. The van der Waals surface area contributed by atoms with Crippen LogP contribution in [0.4, 0.5) is 0 Å². The van der Waals surface area contributed by atoms with Gasteiger partial charge in [0.15, 0.2) is 0 Å². The summed E-state index contributed by atoms with van der Waals surface area (Å²) in [6.45, 7) is 5.49. The van der Waals surface area contributed by atoms with E-state index in [2.05, 4.69) is 17.6 Å². The quantitative estimate of drug-likeness (QED) is 0.322. The van der Waals surface area contributed by atoms with E-state index in [0.29, 0.717) is 38.0 Å². The Morgan fingerprint density at radius 1 is 0.885 bits per heavy atom. The van der Waals surface area contributed by atoms with Crippen molar-refractivity contribution in [1.82, 2.24) is 10.6 Å². The molecule has 6 heteroatoms. The van der Waals surface area contributed by atoms with Gasteiger partial charge in [-0.25, -0.2) is 0 Å². The molecular formula is C20H38N2O4. The average Bonchev–Trinajstić information content (AvgIpc) is 2.65. The Kier molecular flexibility index (Phi) is 14.9. The molecule has 0 aromatic carbocycles. The van der Waals surface area contributed by atoms with E-state index in [1.807, 2.05) is 14.0 Å². The van der Waals surface area contributed by atoms with Gasteiger partial charge in [-0.15, -0.1) is 0 Å². The highest BCUT2D eigenvalue weighted by Gasteiger charge is 2.24. The topological polar surface area (TPSA) is 84.5 Å². The van der Waals surface area contributed by atoms with Gasteiger partial charge in [-0.05, 0) is 31.7 Å². The minimum absolute atomic E-state index is 0.0465. The lowest BCUT2D eigenvalue weighted by Gasteiger charge is -2.24. The van der Waals surface area contributed by atoms with Crippen LogP contribution in [0.5, 0.6) is 0 Å². The first-order valence-corrected chi connectivity index (χ1v) is 9.98. The van der Waals surface area contributed by atoms with Crippen LogP contribution in [0.25, 0.3) is 0 Å². The third-order valence-electron chi connectivity index (χ3n) is 4.93. The first kappa shape index (κ1) is 24.6. The minimum Gasteiger partial charge on any atom is -0.469 e. The summed E-state index contributed by atoms with van der Waals surface area (Å²) >= 11 is 0. The Bertz CT molecular complexity index is 413. The van der Waals surface area contributed by atoms with Crippen LogP contribution in [0.1, 0.15) is 71.6 Å². The van der Waals surface area contributed by atoms with Gasteiger partial charge in [0.1, 0.15) is 5.78 Å². The van der Waals surface area contributed by atoms with Crippen molar-refractivity contribution >= 4 is 17.7 Å². The highest BCUT2D eigenvalue weighted by atomic mass is 16.5. The van der Waals surface area contributed by atoms with Gasteiger partial charge >= 0.3 is 5.97 Å². The van der Waals surface area contributed by atoms with Crippen molar-refractivity contribution in [1.29, 1.82) is 0 Å². The number of hydrogen-bond acceptors (Lipinski definition) is 5. The summed E-state index contributed by atoms with van der Waals surface area (Å²) in [6, 6.07) is 0. The van der Waals surface area contributed by atoms with Crippen LogP contribution >= 0.6 is 0 Å². The van der Waals surface area contributed by atoms with Crippen LogP contribution < -0.4 is 10.6 Å². The molecule has 0 aliphatic carbocycles. The molecule has 2 N–H and O–H groups in total. The van der Waals surface area contributed by atoms with Crippen LogP contribution in [0.3, 0.4) is 0 Å². The molecule has 0 heterocycles. The Labute approximate surface area is 158 Å². The van der Waals surface area contributed by atoms with Gasteiger partial charge in [-0.3, -0.25) is 14.4 Å². The van der Waals surface area contributed by atoms with E-state index in [9.17, 15) is 14.4 Å². The number of carbonyl (C=O) groups is 3. The molecule has 0 aliphatic rings. The van der Waals surface area contributed by atoms with Crippen molar-refractivity contribution < 1.29 is 19.1 Å². The zero-order valence-corrected chi connectivity index (χ0v) is 17.1. The van der Waals surface area contributed by atoms with E-state index in [4.69, 9.17) is 4.74 Å². The summed E-state index contributed by atoms with van der Waals surface area (Å²) < 4.78 is 4.76. The fraction of sp³-hybridized carbons (Fsp3) is 0.850. The standard InChI is InChI=1S/C20H38N2O4/c1-5-16(17(6-2)15-20(25)26-4)14-19(24)22-12-9-7-8-10-18(23)11-13-21-3/h16-17,21H,5-15H2,1-4H3,(H,22,24). The average molecular weight is 371 g/mol. The molecule has 0 aromatic rings. The Hall–Kier alpha value is -1.43. The number of ketones is 1. The highest BCUT2D eigenvalue weighted by molar-refractivity contribution is 5.78. The van der Waals surface area contributed by atoms with Crippen molar-refractivity contribution in [2.75, 3.05) is 27.2 Å². The molecule has 0 aromatic heterocycles. The third-order valence-corrected chi connectivity index (χ3v) is 4.93. The molecule has 0 rings (SSSR count). The highest BCUT2D eigenvalue weighted by Crippen LogP contribution is 2.26. The lowest BCUT2D eigenvalue weighted by Crippen LogP contribution is -2.29. The van der Waals surface area contributed by atoms with E-state index in [1.54, 1.807) is 0 Å². The van der Waals surface area contributed by atoms with Gasteiger partial charge in [-0.2, -0.15) is 0 Å². The Morgan fingerprint density at radius 3 is 2.12 bits per heavy atom. The summed E-state index contributed by atoms with van der Waals surface area (Å²) in [4.78, 5) is 35.2. The summed E-state index contributed by atoms with van der Waals surface area (Å²) in [5.74, 6) is 0.515. The zero-order chi connectivity index (χ0) is 19.8. The number of Topliss-reactive ketones (excluding diaryl/α,β-unsaturated/α-hetero) is 1. The van der Waals surface area contributed by atoms with E-state index >= 15 is 0 Å². The smallest absolute Gasteiger partial charge is 0.305 e. The number of ether oxygens (including phenoxy) is 1. The maximum atomic E-state index is 12.2. The number of nitrogens with one attached hydrogen (secondary N) is 2. The molecule has 0 fully saturated rings. The maximum Gasteiger partial charge on any atom is 0.305 e. The van der Waals surface area contributed by atoms with Crippen LogP contribution in [0.15, 0.2) is 0 Å². The number of methoxy groups -OCH3 is 1. The third kappa shape index (κ3) is 12.0. The Morgan fingerprint density at radius 2 is 1.54 bits per heavy atom. The zero-order valence-electron chi connectivity index (χ0n) is 17.1. The molecular weight excluding hydrogens is 332 g/mol. The molecule has 0 aliphatic heterocycles. The van der Waals surface area contributed by atoms with Crippen molar-refractivity contribution in [2.45, 2.75) is 71.6 Å². The van der Waals surface area contributed by atoms with E-state index in [0.717, 1.165) is 38.6 Å². The second kappa shape index (κ2) is 15.8. The lowest BCUT2D eigenvalue weighted by atomic mass is 9.83. The molecule has 1 amide bonds. The molecule has 0 spiro atoms. The maximum absolute atomic E-state index is 12.2. The first-order chi connectivity index (χ1) is 12.5. The summed E-state index contributed by atoms with van der Waals surface area (Å²) in [6.07, 6.45) is 6.50.